The summed E-state index contributed by atoms with van der Waals surface area (Å²) in [4.78, 5) is 36.0. The van der Waals surface area contributed by atoms with E-state index in [1.54, 1.807) is 20.8 Å². The van der Waals surface area contributed by atoms with Crippen LogP contribution < -0.4 is 10.6 Å². The van der Waals surface area contributed by atoms with Gasteiger partial charge in [-0.2, -0.15) is 0 Å². The highest BCUT2D eigenvalue weighted by Gasteiger charge is 2.26. The van der Waals surface area contributed by atoms with E-state index in [9.17, 15) is 14.4 Å². The van der Waals surface area contributed by atoms with Gasteiger partial charge in [0.15, 0.2) is 6.10 Å². The van der Waals surface area contributed by atoms with Crippen molar-refractivity contribution in [1.82, 2.24) is 10.6 Å². The van der Waals surface area contributed by atoms with Crippen LogP contribution in [0.4, 0.5) is 4.79 Å². The zero-order chi connectivity index (χ0) is 17.9. The van der Waals surface area contributed by atoms with Gasteiger partial charge in [-0.05, 0) is 40.5 Å². The van der Waals surface area contributed by atoms with E-state index in [2.05, 4.69) is 10.6 Å². The van der Waals surface area contributed by atoms with Crippen LogP contribution in [0.25, 0.3) is 0 Å². The molecule has 3 amide bonds. The molecule has 0 aliphatic heterocycles. The molecule has 0 bridgehead atoms. The highest BCUT2D eigenvalue weighted by molar-refractivity contribution is 5.99. The highest BCUT2D eigenvalue weighted by atomic mass is 16.5. The number of imide groups is 1. The number of rotatable bonds is 4. The molecule has 2 rings (SSSR count). The Bertz CT molecular complexity index is 644. The number of ether oxygens (including phenoxy) is 1. The van der Waals surface area contributed by atoms with Gasteiger partial charge in [-0.15, -0.1) is 0 Å². The Morgan fingerprint density at radius 1 is 1.12 bits per heavy atom. The van der Waals surface area contributed by atoms with Crippen LogP contribution in [0.3, 0.4) is 0 Å². The summed E-state index contributed by atoms with van der Waals surface area (Å²) in [5, 5.41) is 4.95. The normalized spacial score (nSPS) is 15.8. The van der Waals surface area contributed by atoms with E-state index in [0.717, 1.165) is 25.7 Å². The molecule has 1 aliphatic rings. The van der Waals surface area contributed by atoms with Gasteiger partial charge in [-0.3, -0.25) is 10.1 Å². The maximum absolute atomic E-state index is 12.2. The summed E-state index contributed by atoms with van der Waals surface area (Å²) >= 11 is 0. The highest BCUT2D eigenvalue weighted by Crippen LogP contribution is 2.22. The topological polar surface area (TPSA) is 97.6 Å². The van der Waals surface area contributed by atoms with Crippen molar-refractivity contribution in [2.75, 3.05) is 0 Å². The van der Waals surface area contributed by atoms with Crippen molar-refractivity contribution in [2.45, 2.75) is 65.5 Å². The number of esters is 1. The molecule has 2 N–H and O–H groups in total. The molecular weight excluding hydrogens is 312 g/mol. The van der Waals surface area contributed by atoms with Crippen LogP contribution in [-0.4, -0.2) is 30.1 Å². The second kappa shape index (κ2) is 7.51. The minimum atomic E-state index is -1.08. The zero-order valence-electron chi connectivity index (χ0n) is 14.5. The second-order valence-corrected chi connectivity index (χ2v) is 6.21. The first-order valence-corrected chi connectivity index (χ1v) is 8.18. The van der Waals surface area contributed by atoms with Crippen molar-refractivity contribution in [3.63, 3.8) is 0 Å². The predicted octanol–water partition coefficient (Wildman–Crippen LogP) is 2.52. The van der Waals surface area contributed by atoms with Crippen molar-refractivity contribution in [2.24, 2.45) is 0 Å². The summed E-state index contributed by atoms with van der Waals surface area (Å²) < 4.78 is 10.5. The van der Waals surface area contributed by atoms with E-state index in [1.807, 2.05) is 0 Å². The average molecular weight is 336 g/mol. The Kier molecular flexibility index (Phi) is 5.64. The molecule has 132 valence electrons. The molecule has 1 fully saturated rings. The maximum atomic E-state index is 12.2. The summed E-state index contributed by atoms with van der Waals surface area (Å²) in [6.45, 7) is 6.59. The number of urea groups is 1. The molecule has 0 saturated heterocycles. The van der Waals surface area contributed by atoms with E-state index in [-0.39, 0.29) is 6.04 Å². The van der Waals surface area contributed by atoms with Crippen LogP contribution >= 0.6 is 0 Å². The Balaban J connectivity index is 1.88. The van der Waals surface area contributed by atoms with Crippen LogP contribution in [0.15, 0.2) is 4.42 Å². The van der Waals surface area contributed by atoms with Gasteiger partial charge in [0.05, 0.1) is 0 Å². The fourth-order valence-electron chi connectivity index (χ4n) is 2.87. The molecule has 0 unspecified atom stereocenters. The van der Waals surface area contributed by atoms with Gasteiger partial charge in [0.25, 0.3) is 5.91 Å². The summed E-state index contributed by atoms with van der Waals surface area (Å²) in [5.74, 6) is -0.218. The van der Waals surface area contributed by atoms with Gasteiger partial charge in [-0.25, -0.2) is 9.59 Å². The summed E-state index contributed by atoms with van der Waals surface area (Å²) in [6, 6.07) is -0.448. The summed E-state index contributed by atoms with van der Waals surface area (Å²) in [6.07, 6.45) is 2.92. The Morgan fingerprint density at radius 2 is 1.75 bits per heavy atom. The first-order valence-electron chi connectivity index (χ1n) is 8.18. The van der Waals surface area contributed by atoms with Gasteiger partial charge in [0.1, 0.15) is 17.1 Å². The molecule has 0 spiro atoms. The van der Waals surface area contributed by atoms with Crippen molar-refractivity contribution < 1.29 is 23.5 Å². The molecule has 24 heavy (non-hydrogen) atoms. The van der Waals surface area contributed by atoms with Gasteiger partial charge >= 0.3 is 12.0 Å². The third kappa shape index (κ3) is 4.15. The number of hydrogen-bond donors (Lipinski definition) is 2. The number of nitrogens with one attached hydrogen (secondary N) is 2. The standard InChI is InChI=1S/C17H24N2O5/c1-9-10(2)23-11(3)14(9)16(21)24-12(4)15(20)19-17(22)18-13-7-5-6-8-13/h12-13H,5-8H2,1-4H3,(H2,18,19,20,22)/t12-/m0/s1. The number of carbonyl (C=O) groups excluding carboxylic acids is 3. The fourth-order valence-corrected chi connectivity index (χ4v) is 2.87. The molecule has 0 aromatic carbocycles. The SMILES string of the molecule is Cc1oc(C)c(C(=O)O[C@@H](C)C(=O)NC(=O)NC2CCCC2)c1C. The lowest BCUT2D eigenvalue weighted by atomic mass is 10.1. The first-order chi connectivity index (χ1) is 11.3. The van der Waals surface area contributed by atoms with Crippen LogP contribution in [0.5, 0.6) is 0 Å². The molecule has 7 heteroatoms. The maximum Gasteiger partial charge on any atom is 0.342 e. The molecule has 1 heterocycles. The van der Waals surface area contributed by atoms with E-state index in [4.69, 9.17) is 9.15 Å². The van der Waals surface area contributed by atoms with Crippen LogP contribution in [0, 0.1) is 20.8 Å². The molecule has 1 atom stereocenters. The predicted molar refractivity (Wildman–Crippen MR) is 86.7 cm³/mol. The van der Waals surface area contributed by atoms with Crippen molar-refractivity contribution in [1.29, 1.82) is 0 Å². The van der Waals surface area contributed by atoms with Gasteiger partial charge < -0.3 is 14.5 Å². The van der Waals surface area contributed by atoms with E-state index >= 15 is 0 Å². The van der Waals surface area contributed by atoms with Crippen LogP contribution in [0.2, 0.25) is 0 Å². The number of aryl methyl sites for hydroxylation is 2. The summed E-state index contributed by atoms with van der Waals surface area (Å²) in [7, 11) is 0. The van der Waals surface area contributed by atoms with Crippen LogP contribution in [-0.2, 0) is 9.53 Å². The minimum absolute atomic E-state index is 0.106. The smallest absolute Gasteiger partial charge is 0.342 e. The molecule has 1 aromatic rings. The van der Waals surface area contributed by atoms with Gasteiger partial charge in [0.2, 0.25) is 0 Å². The number of carbonyl (C=O) groups is 3. The van der Waals surface area contributed by atoms with E-state index in [0.29, 0.717) is 22.6 Å². The number of amides is 3. The first kappa shape index (κ1) is 18.0. The lowest BCUT2D eigenvalue weighted by Crippen LogP contribution is -2.47. The number of furan rings is 1. The quantitative estimate of drug-likeness (QED) is 0.823. The summed E-state index contributed by atoms with van der Waals surface area (Å²) in [5.41, 5.74) is 1.01. The average Bonchev–Trinajstić information content (AvgIpc) is 3.07. The third-order valence-corrected chi connectivity index (χ3v) is 4.35. The van der Waals surface area contributed by atoms with Crippen LogP contribution in [0.1, 0.15) is 60.0 Å². The third-order valence-electron chi connectivity index (χ3n) is 4.35. The Hall–Kier alpha value is -2.31. The molecule has 1 saturated carbocycles. The largest absolute Gasteiger partial charge is 0.465 e. The fraction of sp³-hybridized carbons (Fsp3) is 0.588. The molecule has 0 radical (unpaired) electrons. The lowest BCUT2D eigenvalue weighted by Gasteiger charge is -2.15. The Labute approximate surface area is 141 Å². The lowest BCUT2D eigenvalue weighted by molar-refractivity contribution is -0.127. The van der Waals surface area contributed by atoms with E-state index in [1.165, 1.54) is 6.92 Å². The van der Waals surface area contributed by atoms with Gasteiger partial charge in [-0.1, -0.05) is 12.8 Å². The molecular formula is C17H24N2O5. The monoisotopic (exact) mass is 336 g/mol. The van der Waals surface area contributed by atoms with Crippen molar-refractivity contribution in [3.8, 4) is 0 Å². The molecule has 7 nitrogen and oxygen atoms in total. The molecule has 1 aliphatic carbocycles. The zero-order valence-corrected chi connectivity index (χ0v) is 14.5. The van der Waals surface area contributed by atoms with Gasteiger partial charge in [0, 0.05) is 11.6 Å². The minimum Gasteiger partial charge on any atom is -0.465 e. The van der Waals surface area contributed by atoms with E-state index < -0.39 is 24.0 Å². The Morgan fingerprint density at radius 3 is 2.29 bits per heavy atom. The molecule has 1 aromatic heterocycles. The van der Waals surface area contributed by atoms with Crippen molar-refractivity contribution in [3.05, 3.63) is 22.6 Å². The van der Waals surface area contributed by atoms with Crippen molar-refractivity contribution >= 4 is 17.9 Å². The second-order valence-electron chi connectivity index (χ2n) is 6.21. The number of hydrogen-bond acceptors (Lipinski definition) is 5.